The van der Waals surface area contributed by atoms with Crippen molar-refractivity contribution in [2.75, 3.05) is 13.6 Å². The Hall–Kier alpha value is -1.35. The third-order valence-corrected chi connectivity index (χ3v) is 3.93. The molecular weight excluding hydrogens is 314 g/mol. The van der Waals surface area contributed by atoms with Crippen molar-refractivity contribution in [2.24, 2.45) is 5.92 Å². The Morgan fingerprint density at radius 3 is 2.50 bits per heavy atom. The van der Waals surface area contributed by atoms with Crippen LogP contribution < -0.4 is 0 Å². The van der Waals surface area contributed by atoms with E-state index in [1.807, 2.05) is 37.4 Å². The minimum absolute atomic E-state index is 0.0930. The molecule has 106 valence electrons. The van der Waals surface area contributed by atoms with E-state index in [-0.39, 0.29) is 5.91 Å². The lowest BCUT2D eigenvalue weighted by atomic mass is 10.1. The van der Waals surface area contributed by atoms with Crippen molar-refractivity contribution in [3.05, 3.63) is 46.4 Å². The zero-order valence-corrected chi connectivity index (χ0v) is 13.8. The zero-order chi connectivity index (χ0) is 14.7. The highest BCUT2D eigenvalue weighted by molar-refractivity contribution is 9.10. The van der Waals surface area contributed by atoms with Crippen LogP contribution in [0.5, 0.6) is 0 Å². The van der Waals surface area contributed by atoms with Crippen LogP contribution in [0.25, 0.3) is 10.8 Å². The number of amides is 1. The minimum atomic E-state index is 0.0930. The first-order valence-corrected chi connectivity index (χ1v) is 7.71. The Labute approximate surface area is 128 Å². The standard InChI is InChI=1S/C17H20BrNO/c1-12(2)8-9-19(3)17(20)15-5-4-14-11-16(18)7-6-13(14)10-15/h4-7,10-12H,8-9H2,1-3H3. The topological polar surface area (TPSA) is 20.3 Å². The van der Waals surface area contributed by atoms with Crippen LogP contribution in [-0.2, 0) is 0 Å². The molecule has 0 saturated carbocycles. The van der Waals surface area contributed by atoms with Crippen LogP contribution in [-0.4, -0.2) is 24.4 Å². The number of rotatable bonds is 4. The van der Waals surface area contributed by atoms with Crippen molar-refractivity contribution >= 4 is 32.6 Å². The van der Waals surface area contributed by atoms with Crippen molar-refractivity contribution in [2.45, 2.75) is 20.3 Å². The van der Waals surface area contributed by atoms with Gasteiger partial charge < -0.3 is 4.90 Å². The zero-order valence-electron chi connectivity index (χ0n) is 12.2. The molecule has 0 spiro atoms. The monoisotopic (exact) mass is 333 g/mol. The van der Waals surface area contributed by atoms with Gasteiger partial charge >= 0.3 is 0 Å². The van der Waals surface area contributed by atoms with Crippen LogP contribution >= 0.6 is 15.9 Å². The van der Waals surface area contributed by atoms with Gasteiger partial charge in [-0.25, -0.2) is 0 Å². The summed E-state index contributed by atoms with van der Waals surface area (Å²) in [7, 11) is 1.87. The summed E-state index contributed by atoms with van der Waals surface area (Å²) in [4.78, 5) is 14.2. The largest absolute Gasteiger partial charge is 0.342 e. The number of hydrogen-bond acceptors (Lipinski definition) is 1. The highest BCUT2D eigenvalue weighted by Gasteiger charge is 2.12. The van der Waals surface area contributed by atoms with E-state index in [1.54, 1.807) is 4.90 Å². The normalized spacial score (nSPS) is 11.1. The first-order valence-electron chi connectivity index (χ1n) is 6.92. The fraction of sp³-hybridized carbons (Fsp3) is 0.353. The number of carbonyl (C=O) groups is 1. The molecule has 20 heavy (non-hydrogen) atoms. The molecule has 0 radical (unpaired) electrons. The SMILES string of the molecule is CC(C)CCN(C)C(=O)c1ccc2cc(Br)ccc2c1. The van der Waals surface area contributed by atoms with Crippen LogP contribution in [0.4, 0.5) is 0 Å². The first kappa shape index (κ1) is 15.0. The lowest BCUT2D eigenvalue weighted by Gasteiger charge is -2.18. The average molecular weight is 334 g/mol. The van der Waals surface area contributed by atoms with Gasteiger partial charge in [-0.15, -0.1) is 0 Å². The molecule has 0 fully saturated rings. The van der Waals surface area contributed by atoms with E-state index in [0.29, 0.717) is 5.92 Å². The second-order valence-electron chi connectivity index (χ2n) is 5.62. The van der Waals surface area contributed by atoms with Gasteiger partial charge in [-0.3, -0.25) is 4.79 Å². The predicted octanol–water partition coefficient (Wildman–Crippen LogP) is 4.72. The lowest BCUT2D eigenvalue weighted by Crippen LogP contribution is -2.28. The Morgan fingerprint density at radius 1 is 1.15 bits per heavy atom. The highest BCUT2D eigenvalue weighted by atomic mass is 79.9. The van der Waals surface area contributed by atoms with E-state index in [1.165, 1.54) is 0 Å². The lowest BCUT2D eigenvalue weighted by molar-refractivity contribution is 0.0789. The van der Waals surface area contributed by atoms with E-state index in [2.05, 4.69) is 35.8 Å². The molecule has 0 heterocycles. The van der Waals surface area contributed by atoms with E-state index in [0.717, 1.165) is 33.8 Å². The number of fused-ring (bicyclic) bond motifs is 1. The molecule has 1 amide bonds. The van der Waals surface area contributed by atoms with Crippen molar-refractivity contribution in [3.63, 3.8) is 0 Å². The minimum Gasteiger partial charge on any atom is -0.342 e. The fourth-order valence-electron chi connectivity index (χ4n) is 2.12. The van der Waals surface area contributed by atoms with Gasteiger partial charge in [-0.2, -0.15) is 0 Å². The molecule has 2 rings (SSSR count). The van der Waals surface area contributed by atoms with Gasteiger partial charge in [0.15, 0.2) is 0 Å². The van der Waals surface area contributed by atoms with Gasteiger partial charge in [0.2, 0.25) is 0 Å². The molecule has 2 aromatic carbocycles. The van der Waals surface area contributed by atoms with Gasteiger partial charge in [0, 0.05) is 23.6 Å². The Morgan fingerprint density at radius 2 is 1.80 bits per heavy atom. The molecule has 2 aromatic rings. The summed E-state index contributed by atoms with van der Waals surface area (Å²) in [5.74, 6) is 0.703. The summed E-state index contributed by atoms with van der Waals surface area (Å²) in [6, 6.07) is 12.0. The highest BCUT2D eigenvalue weighted by Crippen LogP contribution is 2.21. The quantitative estimate of drug-likeness (QED) is 0.792. The molecule has 0 aliphatic rings. The average Bonchev–Trinajstić information content (AvgIpc) is 2.43. The maximum Gasteiger partial charge on any atom is 0.253 e. The van der Waals surface area contributed by atoms with Crippen LogP contribution in [0.2, 0.25) is 0 Å². The van der Waals surface area contributed by atoms with E-state index < -0.39 is 0 Å². The van der Waals surface area contributed by atoms with Gasteiger partial charge in [0.25, 0.3) is 5.91 Å². The molecule has 0 unspecified atom stereocenters. The molecule has 2 nitrogen and oxygen atoms in total. The van der Waals surface area contributed by atoms with E-state index >= 15 is 0 Å². The van der Waals surface area contributed by atoms with Crippen molar-refractivity contribution in [3.8, 4) is 0 Å². The summed E-state index contributed by atoms with van der Waals surface area (Å²) in [6.45, 7) is 5.15. The molecule has 0 aromatic heterocycles. The number of hydrogen-bond donors (Lipinski definition) is 0. The Kier molecular flexibility index (Phi) is 4.81. The van der Waals surface area contributed by atoms with Gasteiger partial charge in [-0.05, 0) is 47.4 Å². The molecule has 0 saturated heterocycles. The predicted molar refractivity (Wildman–Crippen MR) is 88.1 cm³/mol. The summed E-state index contributed by atoms with van der Waals surface area (Å²) < 4.78 is 1.05. The van der Waals surface area contributed by atoms with Crippen LogP contribution in [0.15, 0.2) is 40.9 Å². The Bertz CT molecular complexity index is 621. The van der Waals surface area contributed by atoms with Crippen LogP contribution in [0.3, 0.4) is 0 Å². The summed E-state index contributed by atoms with van der Waals surface area (Å²) in [5.41, 5.74) is 0.756. The number of benzene rings is 2. The second kappa shape index (κ2) is 6.40. The number of carbonyl (C=O) groups excluding carboxylic acids is 1. The smallest absolute Gasteiger partial charge is 0.253 e. The van der Waals surface area contributed by atoms with Crippen LogP contribution in [0, 0.1) is 5.92 Å². The molecule has 0 aliphatic heterocycles. The maximum absolute atomic E-state index is 12.4. The summed E-state index contributed by atoms with van der Waals surface area (Å²) in [6.07, 6.45) is 1.03. The summed E-state index contributed by atoms with van der Waals surface area (Å²) >= 11 is 3.46. The Balaban J connectivity index is 2.20. The number of halogens is 1. The summed E-state index contributed by atoms with van der Waals surface area (Å²) in [5, 5.41) is 2.23. The molecular formula is C17H20BrNO. The second-order valence-corrected chi connectivity index (χ2v) is 6.53. The van der Waals surface area contributed by atoms with Gasteiger partial charge in [-0.1, -0.05) is 41.9 Å². The van der Waals surface area contributed by atoms with E-state index in [4.69, 9.17) is 0 Å². The maximum atomic E-state index is 12.4. The third-order valence-electron chi connectivity index (χ3n) is 3.44. The van der Waals surface area contributed by atoms with Crippen molar-refractivity contribution < 1.29 is 4.79 Å². The van der Waals surface area contributed by atoms with Gasteiger partial charge in [0.1, 0.15) is 0 Å². The first-order chi connectivity index (χ1) is 9.47. The molecule has 0 bridgehead atoms. The van der Waals surface area contributed by atoms with E-state index in [9.17, 15) is 4.79 Å². The third kappa shape index (κ3) is 3.60. The van der Waals surface area contributed by atoms with Crippen molar-refractivity contribution in [1.29, 1.82) is 0 Å². The van der Waals surface area contributed by atoms with Crippen molar-refractivity contribution in [1.82, 2.24) is 4.90 Å². The van der Waals surface area contributed by atoms with Crippen LogP contribution in [0.1, 0.15) is 30.6 Å². The molecule has 0 aliphatic carbocycles. The number of nitrogens with zero attached hydrogens (tertiary/aromatic N) is 1. The van der Waals surface area contributed by atoms with Gasteiger partial charge in [0.05, 0.1) is 0 Å². The fourth-order valence-corrected chi connectivity index (χ4v) is 2.50. The molecule has 3 heteroatoms. The molecule has 0 atom stereocenters. The molecule has 0 N–H and O–H groups in total.